The normalized spacial score (nSPS) is 18.1. The molecule has 1 aliphatic heterocycles. The third-order valence-electron chi connectivity index (χ3n) is 3.24. The zero-order valence-electron chi connectivity index (χ0n) is 11.2. The standard InChI is InChI=1S/C14H15N3O2S/c1-17(13(18)12-6-4-8-19-12)14-16-11(9-20-14)10-5-2-3-7-15-10/h2-3,5,7,9,12H,4,6,8H2,1H3/t12-/m1/s1. The molecule has 2 aromatic heterocycles. The summed E-state index contributed by atoms with van der Waals surface area (Å²) in [5.74, 6) is -0.0237. The van der Waals surface area contributed by atoms with E-state index in [4.69, 9.17) is 4.74 Å². The van der Waals surface area contributed by atoms with Gasteiger partial charge in [-0.2, -0.15) is 0 Å². The Hall–Kier alpha value is -1.79. The molecule has 0 unspecified atom stereocenters. The van der Waals surface area contributed by atoms with Gasteiger partial charge in [-0.05, 0) is 25.0 Å². The van der Waals surface area contributed by atoms with Crippen molar-refractivity contribution in [3.8, 4) is 11.4 Å². The van der Waals surface area contributed by atoms with E-state index < -0.39 is 0 Å². The third-order valence-corrected chi connectivity index (χ3v) is 4.16. The van der Waals surface area contributed by atoms with Crippen molar-refractivity contribution in [1.29, 1.82) is 0 Å². The number of hydrogen-bond donors (Lipinski definition) is 0. The zero-order chi connectivity index (χ0) is 13.9. The van der Waals surface area contributed by atoms with Crippen LogP contribution in [0.1, 0.15) is 12.8 Å². The third kappa shape index (κ3) is 2.57. The largest absolute Gasteiger partial charge is 0.368 e. The highest BCUT2D eigenvalue weighted by atomic mass is 32.1. The molecule has 0 aliphatic carbocycles. The summed E-state index contributed by atoms with van der Waals surface area (Å²) >= 11 is 1.44. The molecular formula is C14H15N3O2S. The maximum Gasteiger partial charge on any atom is 0.257 e. The van der Waals surface area contributed by atoms with Crippen molar-refractivity contribution in [3.05, 3.63) is 29.8 Å². The Labute approximate surface area is 121 Å². The van der Waals surface area contributed by atoms with Crippen LogP contribution in [0.5, 0.6) is 0 Å². The van der Waals surface area contributed by atoms with E-state index in [-0.39, 0.29) is 12.0 Å². The van der Waals surface area contributed by atoms with E-state index in [1.165, 1.54) is 11.3 Å². The van der Waals surface area contributed by atoms with Crippen LogP contribution in [0.3, 0.4) is 0 Å². The predicted molar refractivity (Wildman–Crippen MR) is 77.7 cm³/mol. The van der Waals surface area contributed by atoms with Crippen LogP contribution in [-0.2, 0) is 9.53 Å². The van der Waals surface area contributed by atoms with E-state index in [1.54, 1.807) is 18.1 Å². The van der Waals surface area contributed by atoms with Crippen molar-refractivity contribution in [2.75, 3.05) is 18.6 Å². The number of hydrogen-bond acceptors (Lipinski definition) is 5. The van der Waals surface area contributed by atoms with Crippen molar-refractivity contribution in [1.82, 2.24) is 9.97 Å². The first kappa shape index (κ1) is 13.2. The molecule has 6 heteroatoms. The van der Waals surface area contributed by atoms with Gasteiger partial charge < -0.3 is 4.74 Å². The van der Waals surface area contributed by atoms with Crippen molar-refractivity contribution < 1.29 is 9.53 Å². The molecule has 3 rings (SSSR count). The summed E-state index contributed by atoms with van der Waals surface area (Å²) in [6.45, 7) is 0.668. The Morgan fingerprint density at radius 2 is 2.35 bits per heavy atom. The Kier molecular flexibility index (Phi) is 3.75. The molecule has 0 radical (unpaired) electrons. The second kappa shape index (κ2) is 5.68. The van der Waals surface area contributed by atoms with Crippen molar-refractivity contribution >= 4 is 22.4 Å². The first-order chi connectivity index (χ1) is 9.75. The van der Waals surface area contributed by atoms with Gasteiger partial charge in [0.2, 0.25) is 0 Å². The van der Waals surface area contributed by atoms with Gasteiger partial charge in [0.15, 0.2) is 5.13 Å². The van der Waals surface area contributed by atoms with E-state index in [9.17, 15) is 4.79 Å². The van der Waals surface area contributed by atoms with Crippen LogP contribution in [0.2, 0.25) is 0 Å². The van der Waals surface area contributed by atoms with E-state index >= 15 is 0 Å². The fourth-order valence-electron chi connectivity index (χ4n) is 2.13. The number of carbonyl (C=O) groups is 1. The first-order valence-electron chi connectivity index (χ1n) is 6.52. The zero-order valence-corrected chi connectivity index (χ0v) is 12.0. The number of likely N-dealkylation sites (N-methyl/N-ethyl adjacent to an activating group) is 1. The van der Waals surface area contributed by atoms with Crippen LogP contribution in [0.25, 0.3) is 11.4 Å². The molecule has 104 valence electrons. The van der Waals surface area contributed by atoms with Gasteiger partial charge in [0.25, 0.3) is 5.91 Å². The van der Waals surface area contributed by atoms with Gasteiger partial charge >= 0.3 is 0 Å². The van der Waals surface area contributed by atoms with Gasteiger partial charge in [-0.3, -0.25) is 14.7 Å². The molecule has 1 atom stereocenters. The average Bonchev–Trinajstić information content (AvgIpc) is 3.18. The number of rotatable bonds is 3. The number of thiazole rings is 1. The highest BCUT2D eigenvalue weighted by Crippen LogP contribution is 2.27. The molecule has 1 aliphatic rings. The molecule has 1 amide bonds. The number of anilines is 1. The number of carbonyl (C=O) groups excluding carboxylic acids is 1. The molecule has 2 aromatic rings. The van der Waals surface area contributed by atoms with Gasteiger partial charge in [-0.15, -0.1) is 11.3 Å². The van der Waals surface area contributed by atoms with Gasteiger partial charge in [0.1, 0.15) is 11.8 Å². The summed E-state index contributed by atoms with van der Waals surface area (Å²) in [6.07, 6.45) is 3.15. The number of ether oxygens (including phenoxy) is 1. The Morgan fingerprint density at radius 1 is 1.45 bits per heavy atom. The molecular weight excluding hydrogens is 274 g/mol. The van der Waals surface area contributed by atoms with Crippen molar-refractivity contribution in [2.24, 2.45) is 0 Å². The number of nitrogens with zero attached hydrogens (tertiary/aromatic N) is 3. The van der Waals surface area contributed by atoms with Gasteiger partial charge in [0.05, 0.1) is 5.69 Å². The SMILES string of the molecule is CN(C(=O)[C@H]1CCCO1)c1nc(-c2ccccn2)cs1. The van der Waals surface area contributed by atoms with Crippen LogP contribution < -0.4 is 4.90 Å². The maximum absolute atomic E-state index is 12.2. The summed E-state index contributed by atoms with van der Waals surface area (Å²) in [4.78, 5) is 22.6. The molecule has 1 fully saturated rings. The minimum absolute atomic E-state index is 0.0237. The lowest BCUT2D eigenvalue weighted by Crippen LogP contribution is -2.35. The van der Waals surface area contributed by atoms with Crippen molar-refractivity contribution in [3.63, 3.8) is 0 Å². The first-order valence-corrected chi connectivity index (χ1v) is 7.40. The van der Waals surface area contributed by atoms with Gasteiger partial charge in [-0.25, -0.2) is 4.98 Å². The lowest BCUT2D eigenvalue weighted by atomic mass is 10.2. The fourth-order valence-corrected chi connectivity index (χ4v) is 2.92. The van der Waals surface area contributed by atoms with Crippen LogP contribution >= 0.6 is 11.3 Å². The van der Waals surface area contributed by atoms with E-state index in [0.29, 0.717) is 11.7 Å². The van der Waals surface area contributed by atoms with Gasteiger partial charge in [-0.1, -0.05) is 6.07 Å². The topological polar surface area (TPSA) is 55.3 Å². The molecule has 0 aromatic carbocycles. The lowest BCUT2D eigenvalue weighted by molar-refractivity contribution is -0.127. The summed E-state index contributed by atoms with van der Waals surface area (Å²) in [5.41, 5.74) is 1.60. The van der Waals surface area contributed by atoms with E-state index in [1.807, 2.05) is 23.6 Å². The Balaban J connectivity index is 1.77. The quantitative estimate of drug-likeness (QED) is 0.870. The summed E-state index contributed by atoms with van der Waals surface area (Å²) < 4.78 is 5.42. The molecule has 0 spiro atoms. The number of pyridine rings is 1. The highest BCUT2D eigenvalue weighted by molar-refractivity contribution is 7.14. The van der Waals surface area contributed by atoms with Crippen molar-refractivity contribution in [2.45, 2.75) is 18.9 Å². The van der Waals surface area contributed by atoms with Crippen LogP contribution in [0, 0.1) is 0 Å². The molecule has 3 heterocycles. The van der Waals surface area contributed by atoms with Crippen LogP contribution in [-0.4, -0.2) is 35.6 Å². The molecule has 0 N–H and O–H groups in total. The summed E-state index contributed by atoms with van der Waals surface area (Å²) in [5, 5.41) is 2.59. The Morgan fingerprint density at radius 3 is 3.05 bits per heavy atom. The maximum atomic E-state index is 12.2. The second-order valence-electron chi connectivity index (χ2n) is 4.63. The monoisotopic (exact) mass is 289 g/mol. The highest BCUT2D eigenvalue weighted by Gasteiger charge is 2.28. The Bertz CT molecular complexity index is 593. The minimum atomic E-state index is -0.317. The number of aromatic nitrogens is 2. The van der Waals surface area contributed by atoms with Gasteiger partial charge in [0, 0.05) is 25.2 Å². The second-order valence-corrected chi connectivity index (χ2v) is 5.47. The smallest absolute Gasteiger partial charge is 0.257 e. The fraction of sp³-hybridized carbons (Fsp3) is 0.357. The molecule has 20 heavy (non-hydrogen) atoms. The van der Waals surface area contributed by atoms with E-state index in [2.05, 4.69) is 9.97 Å². The minimum Gasteiger partial charge on any atom is -0.368 e. The predicted octanol–water partition coefficient (Wildman–Crippen LogP) is 2.35. The van der Waals surface area contributed by atoms with E-state index in [0.717, 1.165) is 24.2 Å². The van der Waals surface area contributed by atoms with Crippen LogP contribution in [0.15, 0.2) is 29.8 Å². The molecule has 0 saturated carbocycles. The molecule has 0 bridgehead atoms. The molecule has 5 nitrogen and oxygen atoms in total. The summed E-state index contributed by atoms with van der Waals surface area (Å²) in [6, 6.07) is 5.69. The van der Waals surface area contributed by atoms with Crippen LogP contribution in [0.4, 0.5) is 5.13 Å². The average molecular weight is 289 g/mol. The molecule has 1 saturated heterocycles. The summed E-state index contributed by atoms with van der Waals surface area (Å²) in [7, 11) is 1.74. The lowest BCUT2D eigenvalue weighted by Gasteiger charge is -2.17. The number of amides is 1.